The Kier molecular flexibility index (Phi) is 7.65. The molecule has 1 atom stereocenters. The van der Waals surface area contributed by atoms with Crippen molar-refractivity contribution in [3.8, 4) is 5.75 Å². The van der Waals surface area contributed by atoms with Gasteiger partial charge in [-0.2, -0.15) is 0 Å². The quantitative estimate of drug-likeness (QED) is 0.558. The van der Waals surface area contributed by atoms with Crippen LogP contribution in [0.2, 0.25) is 0 Å². The van der Waals surface area contributed by atoms with Crippen LogP contribution in [-0.2, 0) is 16.1 Å². The van der Waals surface area contributed by atoms with Crippen LogP contribution in [0.1, 0.15) is 31.4 Å². The predicted molar refractivity (Wildman–Crippen MR) is 124 cm³/mol. The molecule has 0 heterocycles. The van der Waals surface area contributed by atoms with E-state index in [4.69, 9.17) is 4.74 Å². The zero-order valence-electron chi connectivity index (χ0n) is 18.4. The summed E-state index contributed by atoms with van der Waals surface area (Å²) in [6.07, 6.45) is 0.526. The van der Waals surface area contributed by atoms with Crippen molar-refractivity contribution in [2.24, 2.45) is 0 Å². The molecule has 3 aromatic rings. The number of benzene rings is 3. The molecule has 5 nitrogen and oxygen atoms in total. The Balaban J connectivity index is 1.84. The zero-order chi connectivity index (χ0) is 22.2. The Bertz CT molecular complexity index is 1040. The van der Waals surface area contributed by atoms with Gasteiger partial charge in [-0.3, -0.25) is 9.59 Å². The van der Waals surface area contributed by atoms with Crippen molar-refractivity contribution < 1.29 is 14.3 Å². The van der Waals surface area contributed by atoms with E-state index in [1.807, 2.05) is 87.5 Å². The van der Waals surface area contributed by atoms with Gasteiger partial charge in [0.1, 0.15) is 11.8 Å². The molecule has 0 radical (unpaired) electrons. The van der Waals surface area contributed by atoms with E-state index in [2.05, 4.69) is 5.32 Å². The van der Waals surface area contributed by atoms with Crippen LogP contribution in [0.15, 0.2) is 66.7 Å². The van der Waals surface area contributed by atoms with Crippen molar-refractivity contribution in [3.63, 3.8) is 0 Å². The third-order valence-electron chi connectivity index (χ3n) is 5.44. The second-order valence-electron chi connectivity index (χ2n) is 7.53. The van der Waals surface area contributed by atoms with E-state index in [0.717, 1.165) is 21.9 Å². The summed E-state index contributed by atoms with van der Waals surface area (Å²) < 4.78 is 5.94. The standard InChI is InChI=1S/C26H30N2O3/c1-4-23(26(30)27-5-2)28(17-21-13-7-6-11-19(21)3)25(29)18-31-24-16-10-14-20-12-8-9-15-22(20)24/h6-16,23H,4-5,17-18H2,1-3H3,(H,27,30). The van der Waals surface area contributed by atoms with Gasteiger partial charge in [-0.25, -0.2) is 0 Å². The lowest BCUT2D eigenvalue weighted by Gasteiger charge is -2.31. The normalized spacial score (nSPS) is 11.7. The second kappa shape index (κ2) is 10.6. The fraction of sp³-hybridized carbons (Fsp3) is 0.308. The molecule has 31 heavy (non-hydrogen) atoms. The maximum Gasteiger partial charge on any atom is 0.261 e. The van der Waals surface area contributed by atoms with Gasteiger partial charge in [-0.15, -0.1) is 0 Å². The van der Waals surface area contributed by atoms with Crippen LogP contribution in [0.25, 0.3) is 10.8 Å². The molecule has 0 aromatic heterocycles. The van der Waals surface area contributed by atoms with Crippen molar-refractivity contribution in [3.05, 3.63) is 77.9 Å². The minimum Gasteiger partial charge on any atom is -0.483 e. The van der Waals surface area contributed by atoms with Gasteiger partial charge >= 0.3 is 0 Å². The van der Waals surface area contributed by atoms with Gasteiger partial charge in [0.15, 0.2) is 6.61 Å². The summed E-state index contributed by atoms with van der Waals surface area (Å²) in [5.41, 5.74) is 2.10. The number of hydrogen-bond donors (Lipinski definition) is 1. The average Bonchev–Trinajstić information content (AvgIpc) is 2.78. The number of likely N-dealkylation sites (N-methyl/N-ethyl adjacent to an activating group) is 1. The Hall–Kier alpha value is -3.34. The highest BCUT2D eigenvalue weighted by Gasteiger charge is 2.29. The third kappa shape index (κ3) is 5.43. The second-order valence-corrected chi connectivity index (χ2v) is 7.53. The van der Waals surface area contributed by atoms with Gasteiger partial charge in [-0.1, -0.05) is 67.6 Å². The number of nitrogens with zero attached hydrogens (tertiary/aromatic N) is 1. The van der Waals surface area contributed by atoms with Crippen LogP contribution in [0.5, 0.6) is 5.75 Å². The van der Waals surface area contributed by atoms with Gasteiger partial charge in [0.25, 0.3) is 5.91 Å². The first-order valence-electron chi connectivity index (χ1n) is 10.8. The number of nitrogens with one attached hydrogen (secondary N) is 1. The minimum absolute atomic E-state index is 0.129. The molecule has 3 rings (SSSR count). The Morgan fingerprint density at radius 1 is 0.968 bits per heavy atom. The largest absolute Gasteiger partial charge is 0.483 e. The number of rotatable bonds is 9. The van der Waals surface area contributed by atoms with Crippen molar-refractivity contribution in [2.45, 2.75) is 39.8 Å². The lowest BCUT2D eigenvalue weighted by molar-refractivity contribution is -0.142. The molecule has 1 N–H and O–H groups in total. The molecule has 2 amide bonds. The van der Waals surface area contributed by atoms with E-state index in [1.54, 1.807) is 4.90 Å². The number of hydrogen-bond acceptors (Lipinski definition) is 3. The number of fused-ring (bicyclic) bond motifs is 1. The van der Waals surface area contributed by atoms with Crippen LogP contribution >= 0.6 is 0 Å². The lowest BCUT2D eigenvalue weighted by Crippen LogP contribution is -2.50. The summed E-state index contributed by atoms with van der Waals surface area (Å²) in [5.74, 6) is 0.305. The number of amides is 2. The molecule has 0 fully saturated rings. The molecule has 5 heteroatoms. The third-order valence-corrected chi connectivity index (χ3v) is 5.44. The average molecular weight is 419 g/mol. The molecule has 0 aliphatic heterocycles. The van der Waals surface area contributed by atoms with Crippen LogP contribution in [0.3, 0.4) is 0 Å². The molecule has 162 valence electrons. The Morgan fingerprint density at radius 3 is 2.42 bits per heavy atom. The first-order chi connectivity index (χ1) is 15.0. The van der Waals surface area contributed by atoms with E-state index in [-0.39, 0.29) is 18.4 Å². The molecule has 0 aliphatic rings. The highest BCUT2D eigenvalue weighted by molar-refractivity contribution is 5.90. The van der Waals surface area contributed by atoms with Crippen LogP contribution in [-0.4, -0.2) is 35.9 Å². The van der Waals surface area contributed by atoms with Crippen molar-refractivity contribution in [2.75, 3.05) is 13.2 Å². The summed E-state index contributed by atoms with van der Waals surface area (Å²) in [6, 6.07) is 21.1. The van der Waals surface area contributed by atoms with Gasteiger partial charge < -0.3 is 15.0 Å². The molecule has 0 aliphatic carbocycles. The first-order valence-corrected chi connectivity index (χ1v) is 10.8. The zero-order valence-corrected chi connectivity index (χ0v) is 18.4. The molecule has 3 aromatic carbocycles. The molecule has 0 saturated heterocycles. The molecule has 0 saturated carbocycles. The fourth-order valence-corrected chi connectivity index (χ4v) is 3.73. The van der Waals surface area contributed by atoms with E-state index < -0.39 is 6.04 Å². The van der Waals surface area contributed by atoms with E-state index in [0.29, 0.717) is 25.3 Å². The SMILES string of the molecule is CCNC(=O)C(CC)N(Cc1ccccc1C)C(=O)COc1cccc2ccccc12. The number of carbonyl (C=O) groups is 2. The maximum absolute atomic E-state index is 13.3. The summed E-state index contributed by atoms with van der Waals surface area (Å²) in [4.78, 5) is 27.6. The Labute approximate surface area is 184 Å². The van der Waals surface area contributed by atoms with Gasteiger partial charge in [0.2, 0.25) is 5.91 Å². The molecule has 1 unspecified atom stereocenters. The molecule has 0 bridgehead atoms. The number of ether oxygens (including phenoxy) is 1. The molecule has 0 spiro atoms. The maximum atomic E-state index is 13.3. The van der Waals surface area contributed by atoms with Crippen molar-refractivity contribution >= 4 is 22.6 Å². The van der Waals surface area contributed by atoms with Crippen LogP contribution < -0.4 is 10.1 Å². The highest BCUT2D eigenvalue weighted by atomic mass is 16.5. The highest BCUT2D eigenvalue weighted by Crippen LogP contribution is 2.25. The topological polar surface area (TPSA) is 58.6 Å². The monoisotopic (exact) mass is 418 g/mol. The summed E-state index contributed by atoms with van der Waals surface area (Å²) in [6.45, 7) is 6.56. The molecular weight excluding hydrogens is 388 g/mol. The van der Waals surface area contributed by atoms with Crippen LogP contribution in [0, 0.1) is 6.92 Å². The first kappa shape index (κ1) is 22.3. The summed E-state index contributed by atoms with van der Waals surface area (Å²) >= 11 is 0. The summed E-state index contributed by atoms with van der Waals surface area (Å²) in [7, 11) is 0. The van der Waals surface area contributed by atoms with E-state index in [9.17, 15) is 9.59 Å². The van der Waals surface area contributed by atoms with Crippen molar-refractivity contribution in [1.82, 2.24) is 10.2 Å². The predicted octanol–water partition coefficient (Wildman–Crippen LogP) is 4.47. The summed E-state index contributed by atoms with van der Waals surface area (Å²) in [5, 5.41) is 4.87. The van der Waals surface area contributed by atoms with Gasteiger partial charge in [0.05, 0.1) is 0 Å². The van der Waals surface area contributed by atoms with Gasteiger partial charge in [-0.05, 0) is 42.8 Å². The smallest absolute Gasteiger partial charge is 0.261 e. The minimum atomic E-state index is -0.553. The lowest BCUT2D eigenvalue weighted by atomic mass is 10.1. The Morgan fingerprint density at radius 2 is 1.68 bits per heavy atom. The van der Waals surface area contributed by atoms with Crippen molar-refractivity contribution in [1.29, 1.82) is 0 Å². The van der Waals surface area contributed by atoms with Crippen LogP contribution in [0.4, 0.5) is 0 Å². The van der Waals surface area contributed by atoms with E-state index >= 15 is 0 Å². The number of carbonyl (C=O) groups excluding carboxylic acids is 2. The van der Waals surface area contributed by atoms with Gasteiger partial charge in [0, 0.05) is 18.5 Å². The van der Waals surface area contributed by atoms with E-state index in [1.165, 1.54) is 0 Å². The number of aryl methyl sites for hydroxylation is 1. The molecular formula is C26H30N2O3. The fourth-order valence-electron chi connectivity index (χ4n) is 3.73.